The monoisotopic (exact) mass is 273 g/mol. The van der Waals surface area contributed by atoms with Crippen LogP contribution in [-0.4, -0.2) is 16.7 Å². The van der Waals surface area contributed by atoms with Gasteiger partial charge in [-0.25, -0.2) is 4.98 Å². The third-order valence-corrected chi connectivity index (χ3v) is 4.09. The number of aromatic nitrogens is 2. The fourth-order valence-electron chi connectivity index (χ4n) is 2.22. The second-order valence-electron chi connectivity index (χ2n) is 4.28. The summed E-state index contributed by atoms with van der Waals surface area (Å²) in [6.45, 7) is 0.829. The predicted octanol–water partition coefficient (Wildman–Crippen LogP) is 2.93. The zero-order valence-electron chi connectivity index (χ0n) is 10.7. The van der Waals surface area contributed by atoms with Gasteiger partial charge >= 0.3 is 0 Å². The lowest BCUT2D eigenvalue weighted by atomic mass is 10.3. The average Bonchev–Trinajstić information content (AvgIpc) is 3.03. The van der Waals surface area contributed by atoms with Gasteiger partial charge in [0.15, 0.2) is 0 Å². The lowest BCUT2D eigenvalue weighted by Gasteiger charge is -2.05. The van der Waals surface area contributed by atoms with E-state index in [0.29, 0.717) is 5.95 Å². The first kappa shape index (κ1) is 12.0. The number of thiophene rings is 1. The molecule has 0 fully saturated rings. The van der Waals surface area contributed by atoms with Crippen LogP contribution in [0.25, 0.3) is 11.0 Å². The topological polar surface area (TPSA) is 53.1 Å². The van der Waals surface area contributed by atoms with Crippen LogP contribution in [0.5, 0.6) is 5.75 Å². The van der Waals surface area contributed by atoms with Crippen LogP contribution in [0.1, 0.15) is 4.88 Å². The first-order valence-electron chi connectivity index (χ1n) is 6.10. The van der Waals surface area contributed by atoms with E-state index in [4.69, 9.17) is 10.5 Å². The third kappa shape index (κ3) is 2.17. The molecule has 0 unspecified atom stereocenters. The second kappa shape index (κ2) is 4.93. The van der Waals surface area contributed by atoms with Crippen LogP contribution in [-0.2, 0) is 13.0 Å². The summed E-state index contributed by atoms with van der Waals surface area (Å²) < 4.78 is 7.36. The van der Waals surface area contributed by atoms with E-state index in [0.717, 1.165) is 29.7 Å². The van der Waals surface area contributed by atoms with Crippen molar-refractivity contribution in [2.75, 3.05) is 12.8 Å². The second-order valence-corrected chi connectivity index (χ2v) is 5.31. The van der Waals surface area contributed by atoms with E-state index in [9.17, 15) is 0 Å². The Kier molecular flexibility index (Phi) is 3.13. The summed E-state index contributed by atoms with van der Waals surface area (Å²) in [6.07, 6.45) is 0.963. The molecule has 5 heteroatoms. The number of nitrogens with zero attached hydrogens (tertiary/aromatic N) is 2. The van der Waals surface area contributed by atoms with Crippen LogP contribution >= 0.6 is 11.3 Å². The van der Waals surface area contributed by atoms with E-state index < -0.39 is 0 Å². The van der Waals surface area contributed by atoms with Crippen LogP contribution in [0.2, 0.25) is 0 Å². The number of nitrogen functional groups attached to an aromatic ring is 1. The Hall–Kier alpha value is -2.01. The van der Waals surface area contributed by atoms with E-state index in [1.54, 1.807) is 18.4 Å². The number of ether oxygens (including phenoxy) is 1. The lowest BCUT2D eigenvalue weighted by Crippen LogP contribution is -2.04. The molecule has 1 aromatic carbocycles. The number of imidazole rings is 1. The average molecular weight is 273 g/mol. The smallest absolute Gasteiger partial charge is 0.201 e. The van der Waals surface area contributed by atoms with Gasteiger partial charge in [0, 0.05) is 11.4 Å². The van der Waals surface area contributed by atoms with Crippen LogP contribution in [0.15, 0.2) is 35.7 Å². The summed E-state index contributed by atoms with van der Waals surface area (Å²) in [4.78, 5) is 5.75. The Morgan fingerprint density at radius 1 is 1.32 bits per heavy atom. The number of anilines is 1. The molecule has 0 amide bonds. The molecule has 0 atom stereocenters. The zero-order chi connectivity index (χ0) is 13.2. The standard InChI is InChI=1S/C14H15N3OS/c1-18-12-6-2-5-11-13(12)16-14(15)17(11)8-7-10-4-3-9-19-10/h2-6,9H,7-8H2,1H3,(H2,15,16). The van der Waals surface area contributed by atoms with Crippen LogP contribution in [0, 0.1) is 0 Å². The molecule has 0 spiro atoms. The largest absolute Gasteiger partial charge is 0.494 e. The van der Waals surface area contributed by atoms with Crippen molar-refractivity contribution < 1.29 is 4.74 Å². The summed E-state index contributed by atoms with van der Waals surface area (Å²) in [7, 11) is 1.65. The maximum absolute atomic E-state index is 6.02. The van der Waals surface area contributed by atoms with E-state index in [1.165, 1.54) is 4.88 Å². The molecule has 0 radical (unpaired) electrons. The molecule has 0 saturated carbocycles. The first-order valence-corrected chi connectivity index (χ1v) is 6.98. The number of methoxy groups -OCH3 is 1. The number of hydrogen-bond donors (Lipinski definition) is 1. The maximum Gasteiger partial charge on any atom is 0.201 e. The molecule has 19 heavy (non-hydrogen) atoms. The highest BCUT2D eigenvalue weighted by atomic mass is 32.1. The number of hydrogen-bond acceptors (Lipinski definition) is 4. The van der Waals surface area contributed by atoms with Gasteiger partial charge in [0.05, 0.1) is 12.6 Å². The van der Waals surface area contributed by atoms with E-state index in [-0.39, 0.29) is 0 Å². The molecular weight excluding hydrogens is 258 g/mol. The third-order valence-electron chi connectivity index (χ3n) is 3.15. The molecule has 0 aliphatic heterocycles. The van der Waals surface area contributed by atoms with Gasteiger partial charge in [0.25, 0.3) is 0 Å². The number of nitrogens with two attached hydrogens (primary N) is 1. The minimum absolute atomic E-state index is 0.538. The Bertz CT molecular complexity index is 688. The molecule has 98 valence electrons. The molecule has 3 rings (SSSR count). The van der Waals surface area contributed by atoms with Gasteiger partial charge in [-0.3, -0.25) is 0 Å². The zero-order valence-corrected chi connectivity index (χ0v) is 11.5. The molecular formula is C14H15N3OS. The Balaban J connectivity index is 1.96. The van der Waals surface area contributed by atoms with Crippen molar-refractivity contribution in [3.8, 4) is 5.75 Å². The molecule has 2 heterocycles. The van der Waals surface area contributed by atoms with E-state index in [1.807, 2.05) is 22.8 Å². The van der Waals surface area contributed by atoms with Crippen molar-refractivity contribution in [1.29, 1.82) is 0 Å². The molecule has 0 bridgehead atoms. The quantitative estimate of drug-likeness (QED) is 0.795. The molecule has 3 aromatic rings. The fraction of sp³-hybridized carbons (Fsp3) is 0.214. The summed E-state index contributed by atoms with van der Waals surface area (Å²) in [5, 5.41) is 2.09. The van der Waals surface area contributed by atoms with Gasteiger partial charge < -0.3 is 15.0 Å². The number of fused-ring (bicyclic) bond motifs is 1. The molecule has 0 aliphatic carbocycles. The fourth-order valence-corrected chi connectivity index (χ4v) is 2.91. The Labute approximate surface area is 115 Å². The minimum atomic E-state index is 0.538. The molecule has 2 N–H and O–H groups in total. The van der Waals surface area contributed by atoms with Crippen molar-refractivity contribution in [3.05, 3.63) is 40.6 Å². The van der Waals surface area contributed by atoms with E-state index in [2.05, 4.69) is 22.5 Å². The Morgan fingerprint density at radius 2 is 2.21 bits per heavy atom. The van der Waals surface area contributed by atoms with Gasteiger partial charge in [-0.15, -0.1) is 11.3 Å². The summed E-state index contributed by atoms with van der Waals surface area (Å²) in [6, 6.07) is 10.1. The predicted molar refractivity (Wildman–Crippen MR) is 78.7 cm³/mol. The number of benzene rings is 1. The highest BCUT2D eigenvalue weighted by molar-refractivity contribution is 7.09. The Morgan fingerprint density at radius 3 is 2.95 bits per heavy atom. The van der Waals surface area contributed by atoms with Crippen molar-refractivity contribution >= 4 is 28.3 Å². The van der Waals surface area contributed by atoms with E-state index >= 15 is 0 Å². The summed E-state index contributed by atoms with van der Waals surface area (Å²) >= 11 is 1.76. The highest BCUT2D eigenvalue weighted by Crippen LogP contribution is 2.27. The highest BCUT2D eigenvalue weighted by Gasteiger charge is 2.11. The number of aryl methyl sites for hydroxylation is 2. The van der Waals surface area contributed by atoms with Crippen molar-refractivity contribution in [2.24, 2.45) is 0 Å². The van der Waals surface area contributed by atoms with Gasteiger partial charge in [-0.05, 0) is 30.0 Å². The molecule has 2 aromatic heterocycles. The van der Waals surface area contributed by atoms with Gasteiger partial charge in [0.2, 0.25) is 5.95 Å². The van der Waals surface area contributed by atoms with Crippen molar-refractivity contribution in [3.63, 3.8) is 0 Å². The van der Waals surface area contributed by atoms with Gasteiger partial charge in [0.1, 0.15) is 11.3 Å². The minimum Gasteiger partial charge on any atom is -0.494 e. The summed E-state index contributed by atoms with van der Waals surface area (Å²) in [5.74, 6) is 1.30. The van der Waals surface area contributed by atoms with Crippen LogP contribution in [0.4, 0.5) is 5.95 Å². The molecule has 0 aliphatic rings. The van der Waals surface area contributed by atoms with Crippen LogP contribution in [0.3, 0.4) is 0 Å². The summed E-state index contributed by atoms with van der Waals surface area (Å²) in [5.41, 5.74) is 7.87. The first-order chi connectivity index (χ1) is 9.29. The van der Waals surface area contributed by atoms with Crippen molar-refractivity contribution in [2.45, 2.75) is 13.0 Å². The van der Waals surface area contributed by atoms with Crippen molar-refractivity contribution in [1.82, 2.24) is 9.55 Å². The normalized spacial score (nSPS) is 11.0. The number of rotatable bonds is 4. The van der Waals surface area contributed by atoms with Crippen LogP contribution < -0.4 is 10.5 Å². The van der Waals surface area contributed by atoms with Gasteiger partial charge in [-0.2, -0.15) is 0 Å². The van der Waals surface area contributed by atoms with Gasteiger partial charge in [-0.1, -0.05) is 12.1 Å². The number of para-hydroxylation sites is 1. The molecule has 0 saturated heterocycles. The SMILES string of the molecule is COc1cccc2c1nc(N)n2CCc1cccs1. The maximum atomic E-state index is 6.02. The lowest BCUT2D eigenvalue weighted by molar-refractivity contribution is 0.419. The molecule has 4 nitrogen and oxygen atoms in total.